The number of fused-ring (bicyclic) bond motifs is 1. The molecule has 26 heavy (non-hydrogen) atoms. The maximum absolute atomic E-state index is 13.8. The lowest BCUT2D eigenvalue weighted by Gasteiger charge is -2.04. The minimum Gasteiger partial charge on any atom is -0.317 e. The quantitative estimate of drug-likeness (QED) is 0.678. The smallest absolute Gasteiger partial charge is 0.317 e. The number of nitrogens with zero attached hydrogens (tertiary/aromatic N) is 4. The van der Waals surface area contributed by atoms with Gasteiger partial charge in [0.25, 0.3) is 5.56 Å². The topological polar surface area (TPSA) is 61.9 Å². The molecule has 0 radical (unpaired) electrons. The van der Waals surface area contributed by atoms with Crippen LogP contribution in [0.3, 0.4) is 0 Å². The molecule has 2 atom stereocenters. The summed E-state index contributed by atoms with van der Waals surface area (Å²) in [7, 11) is 0. The molecule has 1 fully saturated rings. The second-order valence-electron chi connectivity index (χ2n) is 5.93. The fraction of sp³-hybridized carbons (Fsp3) is 0.312. The molecule has 3 aromatic rings. The lowest BCUT2D eigenvalue weighted by atomic mass is 10.2. The zero-order valence-electron chi connectivity index (χ0n) is 13.2. The summed E-state index contributed by atoms with van der Waals surface area (Å²) in [5.74, 6) is -0.413. The molecule has 0 aliphatic heterocycles. The predicted octanol–water partition coefficient (Wildman–Crippen LogP) is 2.99. The first kappa shape index (κ1) is 17.0. The molecule has 0 bridgehead atoms. The number of hydrogen-bond donors (Lipinski definition) is 0. The number of rotatable bonds is 5. The van der Waals surface area contributed by atoms with Crippen LogP contribution in [0.5, 0.6) is 0 Å². The van der Waals surface area contributed by atoms with E-state index in [-0.39, 0.29) is 23.6 Å². The molecule has 1 aliphatic rings. The largest absolute Gasteiger partial charge is 0.345 e. The average Bonchev–Trinajstić information content (AvgIpc) is 3.26. The Bertz CT molecular complexity index is 1040. The summed E-state index contributed by atoms with van der Waals surface area (Å²) in [5, 5.41) is 8.62. The van der Waals surface area contributed by atoms with E-state index in [2.05, 4.69) is 14.9 Å². The van der Waals surface area contributed by atoms with Crippen LogP contribution < -0.4 is 5.56 Å². The highest BCUT2D eigenvalue weighted by atomic mass is 35.5. The molecular weight excluding hydrogens is 373 g/mol. The van der Waals surface area contributed by atoms with Crippen molar-refractivity contribution in [3.05, 3.63) is 57.3 Å². The Labute approximate surface area is 149 Å². The summed E-state index contributed by atoms with van der Waals surface area (Å²) in [5.41, 5.74) is -0.144. The Kier molecular flexibility index (Phi) is 4.20. The molecule has 2 aromatic heterocycles. The highest BCUT2D eigenvalue weighted by molar-refractivity contribution is 6.34. The molecule has 4 rings (SSSR count). The summed E-state index contributed by atoms with van der Waals surface area (Å²) in [4.78, 5) is 12.6. The van der Waals surface area contributed by atoms with Gasteiger partial charge in [-0.2, -0.15) is 19.0 Å². The van der Waals surface area contributed by atoms with Crippen molar-refractivity contribution in [2.45, 2.75) is 31.7 Å². The molecule has 6 nitrogen and oxygen atoms in total. The van der Waals surface area contributed by atoms with Gasteiger partial charge in [-0.1, -0.05) is 29.8 Å². The maximum Gasteiger partial charge on any atom is 0.345 e. The van der Waals surface area contributed by atoms with Crippen molar-refractivity contribution in [2.75, 3.05) is 0 Å². The summed E-state index contributed by atoms with van der Waals surface area (Å²) < 4.78 is 45.1. The minimum absolute atomic E-state index is 0.0418. The number of benzene rings is 1. The van der Waals surface area contributed by atoms with Gasteiger partial charge in [-0.05, 0) is 6.07 Å². The Balaban J connectivity index is 1.68. The Morgan fingerprint density at radius 2 is 2.12 bits per heavy atom. The van der Waals surface area contributed by atoms with Crippen LogP contribution >= 0.6 is 11.6 Å². The van der Waals surface area contributed by atoms with Crippen LogP contribution in [0.15, 0.2) is 35.3 Å². The first-order chi connectivity index (χ1) is 12.5. The van der Waals surface area contributed by atoms with E-state index in [4.69, 9.17) is 11.6 Å². The zero-order chi connectivity index (χ0) is 18.4. The molecule has 1 aromatic carbocycles. The van der Waals surface area contributed by atoms with Crippen molar-refractivity contribution in [3.63, 3.8) is 0 Å². The fourth-order valence-corrected chi connectivity index (χ4v) is 3.07. The van der Waals surface area contributed by atoms with Crippen molar-refractivity contribution in [1.82, 2.24) is 19.6 Å². The van der Waals surface area contributed by atoms with Crippen LogP contribution in [-0.4, -0.2) is 32.3 Å². The first-order valence-corrected chi connectivity index (χ1v) is 8.14. The van der Waals surface area contributed by atoms with Gasteiger partial charge in [0, 0.05) is 12.0 Å². The van der Waals surface area contributed by atoms with Gasteiger partial charge >= 0.3 is 6.61 Å². The van der Waals surface area contributed by atoms with Gasteiger partial charge in [-0.3, -0.25) is 4.79 Å². The fourth-order valence-electron chi connectivity index (χ4n) is 2.83. The van der Waals surface area contributed by atoms with E-state index in [9.17, 15) is 18.0 Å². The van der Waals surface area contributed by atoms with Crippen molar-refractivity contribution in [2.24, 2.45) is 0 Å². The molecule has 0 spiro atoms. The summed E-state index contributed by atoms with van der Waals surface area (Å²) in [6, 6.07) is 5.59. The third-order valence-corrected chi connectivity index (χ3v) is 4.61. The van der Waals surface area contributed by atoms with Crippen LogP contribution in [0.4, 0.5) is 13.2 Å². The molecule has 2 heterocycles. The predicted molar refractivity (Wildman–Crippen MR) is 86.8 cm³/mol. The van der Waals surface area contributed by atoms with E-state index in [1.807, 2.05) is 0 Å². The van der Waals surface area contributed by atoms with E-state index in [1.165, 1.54) is 16.9 Å². The van der Waals surface area contributed by atoms with E-state index >= 15 is 0 Å². The summed E-state index contributed by atoms with van der Waals surface area (Å²) in [6.07, 6.45) is 0.863. The highest BCUT2D eigenvalue weighted by Gasteiger charge is 2.44. The number of halogens is 4. The van der Waals surface area contributed by atoms with Gasteiger partial charge in [0.15, 0.2) is 5.52 Å². The van der Waals surface area contributed by atoms with Gasteiger partial charge in [-0.25, -0.2) is 13.8 Å². The molecule has 0 amide bonds. The van der Waals surface area contributed by atoms with Crippen molar-refractivity contribution in [3.8, 4) is 0 Å². The third-order valence-electron chi connectivity index (χ3n) is 4.22. The minimum atomic E-state index is -2.90. The third kappa shape index (κ3) is 2.97. The molecular formula is C16H12ClF3N4O2. The summed E-state index contributed by atoms with van der Waals surface area (Å²) >= 11 is 6.24. The molecule has 1 saturated carbocycles. The molecule has 1 aliphatic carbocycles. The maximum atomic E-state index is 13.8. The Morgan fingerprint density at radius 1 is 1.35 bits per heavy atom. The van der Waals surface area contributed by atoms with Gasteiger partial charge in [-0.15, -0.1) is 0 Å². The zero-order valence-corrected chi connectivity index (χ0v) is 13.9. The van der Waals surface area contributed by atoms with Gasteiger partial charge in [0.2, 0.25) is 0 Å². The first-order valence-electron chi connectivity index (χ1n) is 7.76. The molecule has 0 saturated heterocycles. The average molecular weight is 385 g/mol. The van der Waals surface area contributed by atoms with E-state index < -0.39 is 30.1 Å². The Hall–Kier alpha value is -2.39. The lowest BCUT2D eigenvalue weighted by molar-refractivity contribution is -0.140. The van der Waals surface area contributed by atoms with Crippen LogP contribution in [-0.2, 0) is 11.3 Å². The number of ether oxygens (including phenoxy) is 1. The monoisotopic (exact) mass is 384 g/mol. The second kappa shape index (κ2) is 6.40. The normalized spacial score (nSPS) is 19.4. The standard InChI is InChI=1S/C16H12ClF3N4O2/c17-14-9-6-21-24(11-5-12(11)26-16(19)20)15(25)13(9)22-23(14)7-8-3-1-2-4-10(8)18/h1-4,6,11-12,16H,5,7H2/t11-,12-/m1/s1. The van der Waals surface area contributed by atoms with Gasteiger partial charge < -0.3 is 4.74 Å². The SMILES string of the molecule is O=c1c2nn(Cc3ccccc3F)c(Cl)c2cnn1[C@@H]1C[C@H]1OC(F)F. The molecule has 10 heteroatoms. The van der Waals surface area contributed by atoms with Gasteiger partial charge in [0.05, 0.1) is 30.3 Å². The molecule has 0 N–H and O–H groups in total. The van der Waals surface area contributed by atoms with Gasteiger partial charge in [0.1, 0.15) is 11.0 Å². The molecule has 0 unspecified atom stereocenters. The second-order valence-corrected chi connectivity index (χ2v) is 6.29. The number of hydrogen-bond acceptors (Lipinski definition) is 4. The lowest BCUT2D eigenvalue weighted by Crippen LogP contribution is -2.24. The van der Waals surface area contributed by atoms with E-state index in [1.54, 1.807) is 18.2 Å². The van der Waals surface area contributed by atoms with Crippen LogP contribution in [0.25, 0.3) is 10.9 Å². The Morgan fingerprint density at radius 3 is 2.85 bits per heavy atom. The van der Waals surface area contributed by atoms with Crippen molar-refractivity contribution >= 4 is 22.5 Å². The van der Waals surface area contributed by atoms with Crippen molar-refractivity contribution in [1.29, 1.82) is 0 Å². The number of aromatic nitrogens is 4. The van der Waals surface area contributed by atoms with Crippen LogP contribution in [0.2, 0.25) is 5.15 Å². The number of alkyl halides is 2. The van der Waals surface area contributed by atoms with Crippen molar-refractivity contribution < 1.29 is 17.9 Å². The van der Waals surface area contributed by atoms with E-state index in [0.29, 0.717) is 10.9 Å². The molecule has 136 valence electrons. The van der Waals surface area contributed by atoms with E-state index in [0.717, 1.165) is 4.68 Å². The highest BCUT2D eigenvalue weighted by Crippen LogP contribution is 2.38. The van der Waals surface area contributed by atoms with Crippen LogP contribution in [0, 0.1) is 5.82 Å². The van der Waals surface area contributed by atoms with Crippen LogP contribution in [0.1, 0.15) is 18.0 Å². The summed E-state index contributed by atoms with van der Waals surface area (Å²) in [6.45, 7) is -2.86.